The van der Waals surface area contributed by atoms with Crippen molar-refractivity contribution in [2.45, 2.75) is 33.7 Å². The van der Waals surface area contributed by atoms with Crippen LogP contribution in [0.5, 0.6) is 0 Å². The molecule has 0 radical (unpaired) electrons. The predicted octanol–water partition coefficient (Wildman–Crippen LogP) is 0.379. The van der Waals surface area contributed by atoms with Gasteiger partial charge in [0.1, 0.15) is 6.04 Å². The molecule has 0 aromatic rings. The first kappa shape index (κ1) is 11.9. The molecule has 0 aliphatic heterocycles. The molecule has 0 aliphatic carbocycles. The zero-order valence-electron chi connectivity index (χ0n) is 8.76. The maximum absolute atomic E-state index is 11.6. The molecule has 0 saturated carbocycles. The Bertz CT molecular complexity index is 188. The number of amides is 2. The highest BCUT2D eigenvalue weighted by Gasteiger charge is 2.17. The third-order valence-electron chi connectivity index (χ3n) is 1.87. The van der Waals surface area contributed by atoms with Gasteiger partial charge in [-0.15, -0.1) is 0 Å². The Labute approximate surface area is 79.3 Å². The van der Waals surface area contributed by atoms with Crippen LogP contribution in [0.25, 0.3) is 0 Å². The van der Waals surface area contributed by atoms with Gasteiger partial charge in [-0.25, -0.2) is 0 Å². The van der Waals surface area contributed by atoms with Crippen LogP contribution >= 0.6 is 0 Å². The van der Waals surface area contributed by atoms with Gasteiger partial charge in [0.25, 0.3) is 0 Å². The third-order valence-corrected chi connectivity index (χ3v) is 1.87. The van der Waals surface area contributed by atoms with Crippen molar-refractivity contribution in [3.05, 3.63) is 0 Å². The lowest BCUT2D eigenvalue weighted by molar-refractivity contribution is -0.135. The quantitative estimate of drug-likeness (QED) is 0.690. The minimum Gasteiger partial charge on any atom is -0.345 e. The Morgan fingerprint density at radius 1 is 1.31 bits per heavy atom. The molecule has 0 fully saturated rings. The molecule has 4 nitrogen and oxygen atoms in total. The van der Waals surface area contributed by atoms with E-state index in [-0.39, 0.29) is 11.8 Å². The predicted molar refractivity (Wildman–Crippen MR) is 51.2 cm³/mol. The van der Waals surface area contributed by atoms with Crippen molar-refractivity contribution in [2.24, 2.45) is 0 Å². The summed E-state index contributed by atoms with van der Waals surface area (Å²) in [6.07, 6.45) is 0. The van der Waals surface area contributed by atoms with E-state index in [0.717, 1.165) is 0 Å². The molecule has 0 aromatic heterocycles. The number of carbonyl (C=O) groups is 2. The average Bonchev–Trinajstić information content (AvgIpc) is 2.05. The number of hydrogen-bond acceptors (Lipinski definition) is 2. The lowest BCUT2D eigenvalue weighted by atomic mass is 10.3. The van der Waals surface area contributed by atoms with Gasteiger partial charge in [-0.3, -0.25) is 9.59 Å². The summed E-state index contributed by atoms with van der Waals surface area (Å²) in [7, 11) is 0. The van der Waals surface area contributed by atoms with E-state index >= 15 is 0 Å². The van der Waals surface area contributed by atoms with Crippen LogP contribution < -0.4 is 5.32 Å². The van der Waals surface area contributed by atoms with Crippen LogP contribution in [0.1, 0.15) is 27.7 Å². The normalized spacial score (nSPS) is 12.0. The van der Waals surface area contributed by atoms with Crippen LogP contribution in [-0.2, 0) is 9.59 Å². The zero-order chi connectivity index (χ0) is 10.4. The second-order valence-corrected chi connectivity index (χ2v) is 2.93. The lowest BCUT2D eigenvalue weighted by Gasteiger charge is -2.22. The number of carbonyl (C=O) groups excluding carboxylic acids is 2. The smallest absolute Gasteiger partial charge is 0.244 e. The Balaban J connectivity index is 4.14. The first-order valence-electron chi connectivity index (χ1n) is 4.58. The molecule has 76 valence electrons. The number of nitrogens with one attached hydrogen (secondary N) is 1. The summed E-state index contributed by atoms with van der Waals surface area (Å²) in [5, 5.41) is 2.56. The molecule has 0 aliphatic rings. The number of hydrogen-bond donors (Lipinski definition) is 1. The molecule has 1 unspecified atom stereocenters. The Morgan fingerprint density at radius 3 is 2.08 bits per heavy atom. The van der Waals surface area contributed by atoms with E-state index in [2.05, 4.69) is 5.32 Å². The number of nitrogens with zero attached hydrogens (tertiary/aromatic N) is 1. The molecule has 0 spiro atoms. The fourth-order valence-electron chi connectivity index (χ4n) is 1.18. The van der Waals surface area contributed by atoms with Crippen LogP contribution in [0.15, 0.2) is 0 Å². The molecule has 0 rings (SSSR count). The molecular weight excluding hydrogens is 168 g/mol. The SMILES string of the molecule is CCN(CC)C(=O)C(C)NC(C)=O. The Hall–Kier alpha value is -1.06. The van der Waals surface area contributed by atoms with E-state index in [1.807, 2.05) is 13.8 Å². The molecule has 13 heavy (non-hydrogen) atoms. The highest BCUT2D eigenvalue weighted by molar-refractivity contribution is 5.86. The molecular formula is C9H18N2O2. The maximum Gasteiger partial charge on any atom is 0.244 e. The van der Waals surface area contributed by atoms with Gasteiger partial charge < -0.3 is 10.2 Å². The monoisotopic (exact) mass is 186 g/mol. The van der Waals surface area contributed by atoms with Crippen molar-refractivity contribution in [2.75, 3.05) is 13.1 Å². The summed E-state index contributed by atoms with van der Waals surface area (Å²) in [6, 6.07) is -0.419. The van der Waals surface area contributed by atoms with Gasteiger partial charge in [0, 0.05) is 20.0 Å². The molecule has 0 aromatic carbocycles. The maximum atomic E-state index is 11.6. The molecule has 1 atom stereocenters. The lowest BCUT2D eigenvalue weighted by Crippen LogP contribution is -2.46. The van der Waals surface area contributed by atoms with Gasteiger partial charge in [-0.1, -0.05) is 0 Å². The zero-order valence-corrected chi connectivity index (χ0v) is 8.76. The van der Waals surface area contributed by atoms with Crippen LogP contribution in [-0.4, -0.2) is 35.8 Å². The second-order valence-electron chi connectivity index (χ2n) is 2.93. The van der Waals surface area contributed by atoms with Crippen molar-refractivity contribution in [1.82, 2.24) is 10.2 Å². The number of likely N-dealkylation sites (N-methyl/N-ethyl adjacent to an activating group) is 1. The summed E-state index contributed by atoms with van der Waals surface area (Å²) >= 11 is 0. The summed E-state index contributed by atoms with van der Waals surface area (Å²) in [4.78, 5) is 23.9. The van der Waals surface area contributed by atoms with Gasteiger partial charge >= 0.3 is 0 Å². The van der Waals surface area contributed by atoms with Crippen LogP contribution in [0.2, 0.25) is 0 Å². The Morgan fingerprint density at radius 2 is 1.77 bits per heavy atom. The number of rotatable bonds is 4. The topological polar surface area (TPSA) is 49.4 Å². The molecule has 1 N–H and O–H groups in total. The van der Waals surface area contributed by atoms with Crippen LogP contribution in [0, 0.1) is 0 Å². The molecule has 0 bridgehead atoms. The molecule has 0 heterocycles. The standard InChI is InChI=1S/C9H18N2O2/c1-5-11(6-2)9(13)7(3)10-8(4)12/h7H,5-6H2,1-4H3,(H,10,12). The fraction of sp³-hybridized carbons (Fsp3) is 0.778. The molecule has 4 heteroatoms. The highest BCUT2D eigenvalue weighted by Crippen LogP contribution is 1.94. The van der Waals surface area contributed by atoms with E-state index in [4.69, 9.17) is 0 Å². The fourth-order valence-corrected chi connectivity index (χ4v) is 1.18. The van der Waals surface area contributed by atoms with Crippen molar-refractivity contribution >= 4 is 11.8 Å². The van der Waals surface area contributed by atoms with Crippen LogP contribution in [0.4, 0.5) is 0 Å². The van der Waals surface area contributed by atoms with E-state index in [0.29, 0.717) is 13.1 Å². The minimum absolute atomic E-state index is 0.0276. The average molecular weight is 186 g/mol. The summed E-state index contributed by atoms with van der Waals surface area (Å²) < 4.78 is 0. The van der Waals surface area contributed by atoms with Crippen molar-refractivity contribution in [3.63, 3.8) is 0 Å². The first-order chi connectivity index (χ1) is 6.02. The van der Waals surface area contributed by atoms with Crippen LogP contribution in [0.3, 0.4) is 0 Å². The van der Waals surface area contributed by atoms with Gasteiger partial charge in [0.2, 0.25) is 11.8 Å². The van der Waals surface area contributed by atoms with E-state index in [9.17, 15) is 9.59 Å². The Kier molecular flexibility index (Phi) is 5.11. The largest absolute Gasteiger partial charge is 0.345 e. The van der Waals surface area contributed by atoms with Crippen molar-refractivity contribution in [1.29, 1.82) is 0 Å². The van der Waals surface area contributed by atoms with Gasteiger partial charge in [0.15, 0.2) is 0 Å². The van der Waals surface area contributed by atoms with E-state index in [1.165, 1.54) is 6.92 Å². The molecule has 2 amide bonds. The van der Waals surface area contributed by atoms with Gasteiger partial charge in [-0.2, -0.15) is 0 Å². The van der Waals surface area contributed by atoms with E-state index in [1.54, 1.807) is 11.8 Å². The minimum atomic E-state index is -0.419. The molecule has 0 saturated heterocycles. The third kappa shape index (κ3) is 3.92. The highest BCUT2D eigenvalue weighted by atomic mass is 16.2. The van der Waals surface area contributed by atoms with Crippen molar-refractivity contribution in [3.8, 4) is 0 Å². The summed E-state index contributed by atoms with van der Waals surface area (Å²) in [5.41, 5.74) is 0. The summed E-state index contributed by atoms with van der Waals surface area (Å²) in [5.74, 6) is -0.201. The second kappa shape index (κ2) is 5.56. The van der Waals surface area contributed by atoms with E-state index < -0.39 is 6.04 Å². The first-order valence-corrected chi connectivity index (χ1v) is 4.58. The summed E-state index contributed by atoms with van der Waals surface area (Å²) in [6.45, 7) is 8.30. The van der Waals surface area contributed by atoms with Gasteiger partial charge in [-0.05, 0) is 20.8 Å². The van der Waals surface area contributed by atoms with Crippen molar-refractivity contribution < 1.29 is 9.59 Å². The van der Waals surface area contributed by atoms with Gasteiger partial charge in [0.05, 0.1) is 0 Å².